The van der Waals surface area contributed by atoms with Gasteiger partial charge < -0.3 is 5.73 Å². The Morgan fingerprint density at radius 1 is 1.17 bits per heavy atom. The van der Waals surface area contributed by atoms with Crippen molar-refractivity contribution in [3.05, 3.63) is 62.6 Å². The van der Waals surface area contributed by atoms with Crippen LogP contribution in [0.1, 0.15) is 34.8 Å². The largest absolute Gasteiger partial charge is 0.397 e. The highest BCUT2D eigenvalue weighted by atomic mass is 79.9. The number of carbonyl (C=O) groups is 1. The van der Waals surface area contributed by atoms with Crippen molar-refractivity contribution in [3.63, 3.8) is 0 Å². The molecule has 0 spiro atoms. The Hall–Kier alpha value is -1.98. The lowest BCUT2D eigenvalue weighted by Gasteiger charge is -2.00. The Kier molecular flexibility index (Phi) is 4.33. The summed E-state index contributed by atoms with van der Waals surface area (Å²) in [5.41, 5.74) is 9.36. The number of benzene rings is 1. The number of ketones is 1. The van der Waals surface area contributed by atoms with E-state index in [4.69, 9.17) is 5.73 Å². The number of carbonyl (C=O) groups excluding carboxylic acids is 1. The number of nitrogens with two attached hydrogens (primary N) is 1. The lowest BCUT2D eigenvalue weighted by molar-refractivity contribution is 0.104. The van der Waals surface area contributed by atoms with Gasteiger partial charge in [-0.2, -0.15) is 0 Å². The van der Waals surface area contributed by atoms with Crippen LogP contribution in [-0.4, -0.2) is 10.8 Å². The number of pyridine rings is 1. The SMILES string of the molecule is CC(C)=Cc1ccc2c(N)c(C(=O)c3ccc(Br)cc3)sc2n1. The number of anilines is 1. The van der Waals surface area contributed by atoms with Crippen LogP contribution < -0.4 is 5.73 Å². The second kappa shape index (κ2) is 6.26. The maximum absolute atomic E-state index is 12.7. The molecule has 0 aliphatic carbocycles. The van der Waals surface area contributed by atoms with Crippen molar-refractivity contribution in [1.82, 2.24) is 4.98 Å². The van der Waals surface area contributed by atoms with Crippen LogP contribution in [0, 0.1) is 0 Å². The molecule has 0 aliphatic heterocycles. The van der Waals surface area contributed by atoms with E-state index in [9.17, 15) is 4.79 Å². The second-order valence-electron chi connectivity index (χ2n) is 5.49. The van der Waals surface area contributed by atoms with E-state index in [2.05, 4.69) is 20.9 Å². The molecule has 0 bridgehead atoms. The van der Waals surface area contributed by atoms with E-state index in [0.717, 1.165) is 20.4 Å². The number of thiophene rings is 1. The van der Waals surface area contributed by atoms with Crippen LogP contribution in [-0.2, 0) is 0 Å². The molecule has 2 aromatic heterocycles. The summed E-state index contributed by atoms with van der Waals surface area (Å²) in [6.07, 6.45) is 2.01. The number of rotatable bonds is 3. The Balaban J connectivity index is 2.07. The normalized spacial score (nSPS) is 10.7. The maximum Gasteiger partial charge on any atom is 0.205 e. The van der Waals surface area contributed by atoms with Gasteiger partial charge in [0.1, 0.15) is 9.71 Å². The van der Waals surface area contributed by atoms with Gasteiger partial charge in [0.2, 0.25) is 5.78 Å². The van der Waals surface area contributed by atoms with Crippen molar-refractivity contribution >= 4 is 55.0 Å². The average Bonchev–Trinajstić information content (AvgIpc) is 2.83. The molecule has 0 saturated heterocycles. The first-order valence-corrected chi connectivity index (χ1v) is 8.71. The van der Waals surface area contributed by atoms with Gasteiger partial charge in [-0.05, 0) is 56.3 Å². The monoisotopic (exact) mass is 386 g/mol. The van der Waals surface area contributed by atoms with E-state index in [1.165, 1.54) is 16.9 Å². The minimum atomic E-state index is -0.0678. The topological polar surface area (TPSA) is 56.0 Å². The summed E-state index contributed by atoms with van der Waals surface area (Å²) in [7, 11) is 0. The first-order valence-electron chi connectivity index (χ1n) is 7.10. The van der Waals surface area contributed by atoms with Crippen LogP contribution >= 0.6 is 27.3 Å². The van der Waals surface area contributed by atoms with Gasteiger partial charge in [0.25, 0.3) is 0 Å². The highest BCUT2D eigenvalue weighted by Gasteiger charge is 2.18. The number of hydrogen-bond acceptors (Lipinski definition) is 4. The van der Waals surface area contributed by atoms with Crippen LogP contribution in [0.25, 0.3) is 16.3 Å². The first kappa shape index (κ1) is 15.9. The van der Waals surface area contributed by atoms with Crippen molar-refractivity contribution in [2.45, 2.75) is 13.8 Å². The molecule has 0 saturated carbocycles. The molecule has 1 aromatic carbocycles. The predicted molar refractivity (Wildman–Crippen MR) is 101 cm³/mol. The Labute approximate surface area is 147 Å². The number of hydrogen-bond donors (Lipinski definition) is 1. The summed E-state index contributed by atoms with van der Waals surface area (Å²) >= 11 is 4.72. The zero-order valence-corrected chi connectivity index (χ0v) is 15.2. The number of fused-ring (bicyclic) bond motifs is 1. The zero-order chi connectivity index (χ0) is 16.6. The molecule has 0 atom stereocenters. The Morgan fingerprint density at radius 2 is 1.87 bits per heavy atom. The van der Waals surface area contributed by atoms with E-state index >= 15 is 0 Å². The summed E-state index contributed by atoms with van der Waals surface area (Å²) in [5, 5.41) is 0.835. The maximum atomic E-state index is 12.7. The van der Waals surface area contributed by atoms with Crippen molar-refractivity contribution in [2.24, 2.45) is 0 Å². The molecule has 0 unspecified atom stereocenters. The van der Waals surface area contributed by atoms with E-state index in [-0.39, 0.29) is 5.78 Å². The quantitative estimate of drug-likeness (QED) is 0.621. The van der Waals surface area contributed by atoms with E-state index in [0.29, 0.717) is 16.1 Å². The van der Waals surface area contributed by atoms with Crippen LogP contribution in [0.15, 0.2) is 46.4 Å². The summed E-state index contributed by atoms with van der Waals surface area (Å²) in [6, 6.07) is 11.1. The molecule has 3 rings (SSSR count). The van der Waals surface area contributed by atoms with Gasteiger partial charge >= 0.3 is 0 Å². The smallest absolute Gasteiger partial charge is 0.205 e. The minimum absolute atomic E-state index is 0.0678. The lowest BCUT2D eigenvalue weighted by atomic mass is 10.1. The van der Waals surface area contributed by atoms with E-state index in [1.54, 1.807) is 12.1 Å². The molecule has 3 aromatic rings. The summed E-state index contributed by atoms with van der Waals surface area (Å²) in [5.74, 6) is -0.0678. The third-order valence-corrected chi connectivity index (χ3v) is 5.01. The van der Waals surface area contributed by atoms with E-state index < -0.39 is 0 Å². The molecule has 0 fully saturated rings. The summed E-state index contributed by atoms with van der Waals surface area (Å²) in [6.45, 7) is 4.05. The number of aromatic nitrogens is 1. The highest BCUT2D eigenvalue weighted by molar-refractivity contribution is 9.10. The number of halogens is 1. The molecule has 0 radical (unpaired) electrons. The molecule has 0 aliphatic rings. The Bertz CT molecular complexity index is 922. The van der Waals surface area contributed by atoms with Gasteiger partial charge in [0.05, 0.1) is 11.4 Å². The van der Waals surface area contributed by atoms with Crippen molar-refractivity contribution in [3.8, 4) is 0 Å². The number of allylic oxidation sites excluding steroid dienone is 1. The molecule has 116 valence electrons. The molecule has 0 amide bonds. The van der Waals surface area contributed by atoms with Crippen LogP contribution in [0.5, 0.6) is 0 Å². The third kappa shape index (κ3) is 3.21. The predicted octanol–water partition coefficient (Wildman–Crippen LogP) is 5.30. The van der Waals surface area contributed by atoms with Crippen molar-refractivity contribution < 1.29 is 4.79 Å². The average molecular weight is 387 g/mol. The molecule has 5 heteroatoms. The molecular formula is C18H15BrN2OS. The zero-order valence-electron chi connectivity index (χ0n) is 12.8. The molecule has 2 N–H and O–H groups in total. The molecular weight excluding hydrogens is 372 g/mol. The second-order valence-corrected chi connectivity index (χ2v) is 7.41. The Morgan fingerprint density at radius 3 is 2.52 bits per heavy atom. The first-order chi connectivity index (χ1) is 11.0. The number of nitrogens with zero attached hydrogens (tertiary/aromatic N) is 1. The summed E-state index contributed by atoms with van der Waals surface area (Å²) in [4.78, 5) is 18.6. The van der Waals surface area contributed by atoms with Gasteiger partial charge in [-0.15, -0.1) is 11.3 Å². The van der Waals surface area contributed by atoms with Gasteiger partial charge in [0, 0.05) is 15.4 Å². The van der Waals surface area contributed by atoms with E-state index in [1.807, 2.05) is 44.2 Å². The van der Waals surface area contributed by atoms with Gasteiger partial charge in [0.15, 0.2) is 0 Å². The summed E-state index contributed by atoms with van der Waals surface area (Å²) < 4.78 is 0.936. The number of nitrogen functional groups attached to an aromatic ring is 1. The van der Waals surface area contributed by atoms with Crippen molar-refractivity contribution in [1.29, 1.82) is 0 Å². The fourth-order valence-corrected chi connectivity index (χ4v) is 3.62. The molecule has 3 nitrogen and oxygen atoms in total. The van der Waals surface area contributed by atoms with Crippen LogP contribution in [0.3, 0.4) is 0 Å². The highest BCUT2D eigenvalue weighted by Crippen LogP contribution is 2.34. The fourth-order valence-electron chi connectivity index (χ4n) is 2.29. The fraction of sp³-hybridized carbons (Fsp3) is 0.111. The molecule has 23 heavy (non-hydrogen) atoms. The lowest BCUT2D eigenvalue weighted by Crippen LogP contribution is -2.01. The van der Waals surface area contributed by atoms with Crippen LogP contribution in [0.2, 0.25) is 0 Å². The van der Waals surface area contributed by atoms with Crippen molar-refractivity contribution in [2.75, 3.05) is 5.73 Å². The van der Waals surface area contributed by atoms with Gasteiger partial charge in [-0.3, -0.25) is 4.79 Å². The minimum Gasteiger partial charge on any atom is -0.397 e. The molecule has 2 heterocycles. The van der Waals surface area contributed by atoms with Gasteiger partial charge in [-0.25, -0.2) is 4.98 Å². The third-order valence-electron chi connectivity index (χ3n) is 3.36. The van der Waals surface area contributed by atoms with Crippen LogP contribution in [0.4, 0.5) is 5.69 Å². The standard InChI is InChI=1S/C18H15BrN2OS/c1-10(2)9-13-7-8-14-15(20)17(23-18(14)21-13)16(22)11-3-5-12(19)6-4-11/h3-9H,20H2,1-2H3. The van der Waals surface area contributed by atoms with Gasteiger partial charge in [-0.1, -0.05) is 21.5 Å².